The molecular weight excluding hydrogens is 352 g/mol. The summed E-state index contributed by atoms with van der Waals surface area (Å²) < 4.78 is 2.07. The lowest BCUT2D eigenvalue weighted by molar-refractivity contribution is -0.130. The summed E-state index contributed by atoms with van der Waals surface area (Å²) in [5, 5.41) is 2.91. The van der Waals surface area contributed by atoms with Gasteiger partial charge in [-0.2, -0.15) is 0 Å². The van der Waals surface area contributed by atoms with Crippen molar-refractivity contribution in [2.75, 3.05) is 20.1 Å². The molecule has 6 nitrogen and oxygen atoms in total. The van der Waals surface area contributed by atoms with Gasteiger partial charge in [-0.25, -0.2) is 4.98 Å². The Morgan fingerprint density at radius 2 is 1.89 bits per heavy atom. The number of para-hydroxylation sites is 2. The van der Waals surface area contributed by atoms with Crippen molar-refractivity contribution in [3.63, 3.8) is 0 Å². The Morgan fingerprint density at radius 1 is 1.11 bits per heavy atom. The third kappa shape index (κ3) is 6.36. The fourth-order valence-electron chi connectivity index (χ4n) is 3.21. The van der Waals surface area contributed by atoms with E-state index in [9.17, 15) is 9.59 Å². The van der Waals surface area contributed by atoms with Crippen LogP contribution in [-0.2, 0) is 22.6 Å². The lowest BCUT2D eigenvalue weighted by atomic mass is 10.2. The van der Waals surface area contributed by atoms with Crippen molar-refractivity contribution in [2.45, 2.75) is 65.3 Å². The van der Waals surface area contributed by atoms with E-state index >= 15 is 0 Å². The average Bonchev–Trinajstić information content (AvgIpc) is 3.05. The second kappa shape index (κ2) is 11.5. The van der Waals surface area contributed by atoms with Crippen molar-refractivity contribution < 1.29 is 9.59 Å². The molecule has 1 aromatic heterocycles. The van der Waals surface area contributed by atoms with Gasteiger partial charge >= 0.3 is 0 Å². The van der Waals surface area contributed by atoms with Crippen molar-refractivity contribution in [2.24, 2.45) is 0 Å². The minimum absolute atomic E-state index is 0.104. The van der Waals surface area contributed by atoms with Gasteiger partial charge in [0.15, 0.2) is 0 Å². The minimum Gasteiger partial charge on any atom is -0.356 e. The summed E-state index contributed by atoms with van der Waals surface area (Å²) in [4.78, 5) is 30.5. The largest absolute Gasteiger partial charge is 0.356 e. The van der Waals surface area contributed by atoms with Crippen LogP contribution in [0.5, 0.6) is 0 Å². The van der Waals surface area contributed by atoms with Gasteiger partial charge in [-0.1, -0.05) is 38.8 Å². The molecule has 0 aliphatic carbocycles. The Morgan fingerprint density at radius 3 is 2.64 bits per heavy atom. The topological polar surface area (TPSA) is 67.2 Å². The fourth-order valence-corrected chi connectivity index (χ4v) is 3.21. The van der Waals surface area contributed by atoms with Crippen LogP contribution in [0.1, 0.15) is 58.2 Å². The van der Waals surface area contributed by atoms with E-state index in [1.165, 1.54) is 0 Å². The maximum atomic E-state index is 12.7. The molecule has 0 aliphatic heterocycles. The first-order valence-corrected chi connectivity index (χ1v) is 10.5. The maximum Gasteiger partial charge on any atom is 0.242 e. The van der Waals surface area contributed by atoms with Crippen LogP contribution in [0.3, 0.4) is 0 Å². The lowest BCUT2D eigenvalue weighted by Gasteiger charge is -2.18. The minimum atomic E-state index is 0.104. The van der Waals surface area contributed by atoms with Crippen molar-refractivity contribution in [1.29, 1.82) is 0 Å². The monoisotopic (exact) mass is 386 g/mol. The molecule has 0 saturated heterocycles. The van der Waals surface area contributed by atoms with Crippen molar-refractivity contribution in [3.05, 3.63) is 30.1 Å². The Labute approximate surface area is 168 Å². The molecule has 0 spiro atoms. The molecule has 2 aromatic rings. The van der Waals surface area contributed by atoms with Gasteiger partial charge in [0.1, 0.15) is 12.4 Å². The molecule has 0 fully saturated rings. The van der Waals surface area contributed by atoms with E-state index in [1.807, 2.05) is 43.1 Å². The molecule has 1 heterocycles. The van der Waals surface area contributed by atoms with E-state index in [-0.39, 0.29) is 11.8 Å². The number of likely N-dealkylation sites (N-methyl/N-ethyl adjacent to an activating group) is 1. The molecule has 1 aromatic carbocycles. The van der Waals surface area contributed by atoms with Crippen molar-refractivity contribution in [1.82, 2.24) is 19.8 Å². The number of benzene rings is 1. The summed E-state index contributed by atoms with van der Waals surface area (Å²) in [6.45, 7) is 5.85. The average molecular weight is 387 g/mol. The Kier molecular flexibility index (Phi) is 8.98. The summed E-state index contributed by atoms with van der Waals surface area (Å²) >= 11 is 0. The zero-order valence-electron chi connectivity index (χ0n) is 17.5. The molecule has 154 valence electrons. The summed E-state index contributed by atoms with van der Waals surface area (Å²) in [5.74, 6) is 1.20. The molecule has 28 heavy (non-hydrogen) atoms. The molecule has 0 bridgehead atoms. The molecule has 0 radical (unpaired) electrons. The number of nitrogens with one attached hydrogen (secondary N) is 1. The highest BCUT2D eigenvalue weighted by Crippen LogP contribution is 2.18. The predicted octanol–water partition coefficient (Wildman–Crippen LogP) is 3.53. The highest BCUT2D eigenvalue weighted by atomic mass is 16.2. The number of carbonyl (C=O) groups excluding carboxylic acids is 2. The summed E-state index contributed by atoms with van der Waals surface area (Å²) in [7, 11) is 1.88. The zero-order valence-corrected chi connectivity index (χ0v) is 17.5. The number of aryl methyl sites for hydroxylation is 1. The van der Waals surface area contributed by atoms with Crippen LogP contribution >= 0.6 is 0 Å². The number of fused-ring (bicyclic) bond motifs is 1. The van der Waals surface area contributed by atoms with Crippen molar-refractivity contribution >= 4 is 22.8 Å². The smallest absolute Gasteiger partial charge is 0.242 e. The van der Waals surface area contributed by atoms with Crippen LogP contribution in [-0.4, -0.2) is 46.4 Å². The van der Waals surface area contributed by atoms with E-state index in [1.54, 1.807) is 0 Å². The van der Waals surface area contributed by atoms with Crippen LogP contribution < -0.4 is 5.32 Å². The molecular formula is C22H34N4O2. The maximum absolute atomic E-state index is 12.7. The van der Waals surface area contributed by atoms with E-state index in [0.717, 1.165) is 68.5 Å². The van der Waals surface area contributed by atoms with Gasteiger partial charge < -0.3 is 14.8 Å². The molecule has 0 atom stereocenters. The lowest BCUT2D eigenvalue weighted by Crippen LogP contribution is -2.31. The number of rotatable bonds is 12. The van der Waals surface area contributed by atoms with Crippen LogP contribution in [0.2, 0.25) is 0 Å². The molecule has 0 unspecified atom stereocenters. The van der Waals surface area contributed by atoms with E-state index in [4.69, 9.17) is 4.98 Å². The Bertz CT molecular complexity index is 769. The number of carbonyl (C=O) groups is 2. The number of amides is 2. The van der Waals surface area contributed by atoms with Gasteiger partial charge in [0.25, 0.3) is 0 Å². The van der Waals surface area contributed by atoms with Gasteiger partial charge in [0.05, 0.1) is 11.0 Å². The first-order valence-electron chi connectivity index (χ1n) is 10.5. The number of nitrogens with zero attached hydrogens (tertiary/aromatic N) is 3. The van der Waals surface area contributed by atoms with Gasteiger partial charge in [-0.05, 0) is 31.4 Å². The molecule has 6 heteroatoms. The van der Waals surface area contributed by atoms with Crippen LogP contribution in [0.4, 0.5) is 0 Å². The van der Waals surface area contributed by atoms with E-state index in [0.29, 0.717) is 13.0 Å². The number of unbranched alkanes of at least 4 members (excludes halogenated alkanes) is 3. The highest BCUT2D eigenvalue weighted by Gasteiger charge is 2.15. The molecule has 0 saturated carbocycles. The van der Waals surface area contributed by atoms with Gasteiger partial charge in [0, 0.05) is 33.0 Å². The Balaban J connectivity index is 1.97. The van der Waals surface area contributed by atoms with Gasteiger partial charge in [-0.3, -0.25) is 9.59 Å². The van der Waals surface area contributed by atoms with Crippen LogP contribution in [0.15, 0.2) is 24.3 Å². The van der Waals surface area contributed by atoms with Crippen molar-refractivity contribution in [3.8, 4) is 0 Å². The van der Waals surface area contributed by atoms with E-state index < -0.39 is 0 Å². The number of imidazole rings is 1. The number of aromatic nitrogens is 2. The molecule has 0 aliphatic rings. The number of hydrogen-bond acceptors (Lipinski definition) is 3. The third-order valence-corrected chi connectivity index (χ3v) is 5.02. The second-order valence-corrected chi connectivity index (χ2v) is 7.29. The fraction of sp³-hybridized carbons (Fsp3) is 0.591. The third-order valence-electron chi connectivity index (χ3n) is 5.02. The van der Waals surface area contributed by atoms with Crippen LogP contribution in [0.25, 0.3) is 11.0 Å². The SMILES string of the molecule is CCCCN(C)C(=O)Cn1c(CCCCCNC(=O)CC)nc2ccccc21. The summed E-state index contributed by atoms with van der Waals surface area (Å²) in [6, 6.07) is 8.01. The quantitative estimate of drug-likeness (QED) is 0.568. The Hall–Kier alpha value is -2.37. The standard InChI is InChI=1S/C22H34N4O2/c1-4-6-16-25(3)22(28)17-26-19-13-10-9-12-18(19)24-20(26)14-8-7-11-15-23-21(27)5-2/h9-10,12-13H,4-8,11,14-17H2,1-3H3,(H,23,27). The van der Waals surface area contributed by atoms with Gasteiger partial charge in [0.2, 0.25) is 11.8 Å². The first kappa shape index (κ1) is 21.9. The van der Waals surface area contributed by atoms with Crippen LogP contribution in [0, 0.1) is 0 Å². The zero-order chi connectivity index (χ0) is 20.4. The molecule has 2 rings (SSSR count). The molecule has 1 N–H and O–H groups in total. The molecule has 2 amide bonds. The predicted molar refractivity (Wildman–Crippen MR) is 113 cm³/mol. The summed E-state index contributed by atoms with van der Waals surface area (Å²) in [5.41, 5.74) is 1.96. The van der Waals surface area contributed by atoms with Gasteiger partial charge in [-0.15, -0.1) is 0 Å². The first-order chi connectivity index (χ1) is 13.6. The van der Waals surface area contributed by atoms with E-state index in [2.05, 4.69) is 16.8 Å². The highest BCUT2D eigenvalue weighted by molar-refractivity contribution is 5.81. The normalized spacial score (nSPS) is 11.0. The second-order valence-electron chi connectivity index (χ2n) is 7.29. The summed E-state index contributed by atoms with van der Waals surface area (Å²) in [6.07, 6.45) is 6.45. The number of hydrogen-bond donors (Lipinski definition) is 1.